The van der Waals surface area contributed by atoms with Crippen molar-refractivity contribution in [2.45, 2.75) is 31.1 Å². The second-order valence-corrected chi connectivity index (χ2v) is 5.77. The van der Waals surface area contributed by atoms with Gasteiger partial charge in [0.05, 0.1) is 11.3 Å². The van der Waals surface area contributed by atoms with E-state index in [-0.39, 0.29) is 0 Å². The molecule has 108 valence electrons. The Kier molecular flexibility index (Phi) is 5.71. The number of aryl methyl sites for hydroxylation is 1. The van der Waals surface area contributed by atoms with Crippen molar-refractivity contribution >= 4 is 23.1 Å². The molecule has 0 aliphatic rings. The van der Waals surface area contributed by atoms with E-state index in [2.05, 4.69) is 42.6 Å². The summed E-state index contributed by atoms with van der Waals surface area (Å²) in [6.45, 7) is 2.21. The van der Waals surface area contributed by atoms with Gasteiger partial charge in [0.2, 0.25) is 0 Å². The third kappa shape index (κ3) is 4.03. The molecule has 0 aliphatic heterocycles. The number of hydrogen-bond acceptors (Lipinski definition) is 3. The molecule has 0 aliphatic carbocycles. The molecular weight excluding hydrogens is 276 g/mol. The number of anilines is 2. The van der Waals surface area contributed by atoms with E-state index >= 15 is 0 Å². The highest BCUT2D eigenvalue weighted by atomic mass is 32.2. The van der Waals surface area contributed by atoms with Gasteiger partial charge in [0.25, 0.3) is 0 Å². The standard InChI is InChI=1S/C18H20N2S/c1-3-4-6-14-9-11-15(12-10-14)20-17-7-5-8-18(21-2)16(17)13-19/h5,7-12,20H,3-4,6H2,1-2H3. The second kappa shape index (κ2) is 7.75. The summed E-state index contributed by atoms with van der Waals surface area (Å²) < 4.78 is 0. The molecule has 0 radical (unpaired) electrons. The molecule has 0 saturated carbocycles. The van der Waals surface area contributed by atoms with Crippen LogP contribution in [0.2, 0.25) is 0 Å². The molecule has 0 unspecified atom stereocenters. The van der Waals surface area contributed by atoms with Gasteiger partial charge in [-0.05, 0) is 48.9 Å². The molecule has 3 heteroatoms. The smallest absolute Gasteiger partial charge is 0.103 e. The van der Waals surface area contributed by atoms with Crippen LogP contribution < -0.4 is 5.32 Å². The Morgan fingerprint density at radius 1 is 1.14 bits per heavy atom. The molecule has 0 fully saturated rings. The number of hydrogen-bond donors (Lipinski definition) is 1. The van der Waals surface area contributed by atoms with Gasteiger partial charge in [0.1, 0.15) is 6.07 Å². The minimum absolute atomic E-state index is 0.708. The molecule has 1 N–H and O–H groups in total. The zero-order valence-corrected chi connectivity index (χ0v) is 13.3. The lowest BCUT2D eigenvalue weighted by atomic mass is 10.1. The SMILES string of the molecule is CCCCc1ccc(Nc2cccc(SC)c2C#N)cc1. The maximum atomic E-state index is 9.35. The Balaban J connectivity index is 2.17. The van der Waals surface area contributed by atoms with Crippen LogP contribution in [0.5, 0.6) is 0 Å². The van der Waals surface area contributed by atoms with Crippen molar-refractivity contribution in [1.29, 1.82) is 5.26 Å². The average Bonchev–Trinajstić information content (AvgIpc) is 2.54. The lowest BCUT2D eigenvalue weighted by Gasteiger charge is -2.11. The molecule has 2 nitrogen and oxygen atoms in total. The fourth-order valence-electron chi connectivity index (χ4n) is 2.21. The van der Waals surface area contributed by atoms with E-state index in [1.165, 1.54) is 18.4 Å². The molecular formula is C18H20N2S. The van der Waals surface area contributed by atoms with Crippen LogP contribution in [0.3, 0.4) is 0 Å². The summed E-state index contributed by atoms with van der Waals surface area (Å²) in [6, 6.07) is 16.7. The topological polar surface area (TPSA) is 35.8 Å². The summed E-state index contributed by atoms with van der Waals surface area (Å²) >= 11 is 1.59. The van der Waals surface area contributed by atoms with Gasteiger partial charge in [-0.15, -0.1) is 11.8 Å². The molecule has 0 spiro atoms. The monoisotopic (exact) mass is 296 g/mol. The van der Waals surface area contributed by atoms with E-state index in [1.54, 1.807) is 11.8 Å². The average molecular weight is 296 g/mol. The Morgan fingerprint density at radius 2 is 1.90 bits per heavy atom. The minimum Gasteiger partial charge on any atom is -0.354 e. The molecule has 0 amide bonds. The zero-order valence-electron chi connectivity index (χ0n) is 12.5. The number of unbranched alkanes of at least 4 members (excludes halogenated alkanes) is 1. The predicted molar refractivity (Wildman–Crippen MR) is 91.3 cm³/mol. The molecule has 0 atom stereocenters. The predicted octanol–water partition coefficient (Wildman–Crippen LogP) is 5.37. The quantitative estimate of drug-likeness (QED) is 0.728. The van der Waals surface area contributed by atoms with Gasteiger partial charge < -0.3 is 5.32 Å². The number of thioether (sulfide) groups is 1. The molecule has 2 aromatic carbocycles. The van der Waals surface area contributed by atoms with Crippen molar-refractivity contribution < 1.29 is 0 Å². The Hall–Kier alpha value is -1.92. The third-order valence-electron chi connectivity index (χ3n) is 3.41. The Bertz CT molecular complexity index is 627. The van der Waals surface area contributed by atoms with E-state index in [9.17, 15) is 5.26 Å². The van der Waals surface area contributed by atoms with Crippen molar-refractivity contribution in [3.05, 3.63) is 53.6 Å². The Labute approximate surface area is 131 Å². The molecule has 2 rings (SSSR count). The number of nitrogens with zero attached hydrogens (tertiary/aromatic N) is 1. The van der Waals surface area contributed by atoms with E-state index in [0.29, 0.717) is 5.56 Å². The summed E-state index contributed by atoms with van der Waals surface area (Å²) in [5.41, 5.74) is 3.96. The first-order chi connectivity index (χ1) is 10.3. The summed E-state index contributed by atoms with van der Waals surface area (Å²) in [6.07, 6.45) is 5.55. The van der Waals surface area contributed by atoms with Crippen LogP contribution in [0.25, 0.3) is 0 Å². The van der Waals surface area contributed by atoms with Crippen molar-refractivity contribution in [1.82, 2.24) is 0 Å². The largest absolute Gasteiger partial charge is 0.354 e. The fourth-order valence-corrected chi connectivity index (χ4v) is 2.79. The van der Waals surface area contributed by atoms with Gasteiger partial charge in [0.15, 0.2) is 0 Å². The first-order valence-electron chi connectivity index (χ1n) is 7.21. The van der Waals surface area contributed by atoms with E-state index in [0.717, 1.165) is 22.7 Å². The van der Waals surface area contributed by atoms with Crippen molar-refractivity contribution in [3.63, 3.8) is 0 Å². The number of nitrogens with one attached hydrogen (secondary N) is 1. The van der Waals surface area contributed by atoms with Gasteiger partial charge >= 0.3 is 0 Å². The van der Waals surface area contributed by atoms with Crippen LogP contribution in [0.1, 0.15) is 30.9 Å². The van der Waals surface area contributed by atoms with Crippen molar-refractivity contribution in [2.24, 2.45) is 0 Å². The van der Waals surface area contributed by atoms with Crippen LogP contribution in [-0.2, 0) is 6.42 Å². The summed E-state index contributed by atoms with van der Waals surface area (Å²) in [7, 11) is 0. The van der Waals surface area contributed by atoms with Crippen LogP contribution in [0.4, 0.5) is 11.4 Å². The number of rotatable bonds is 6. The number of benzene rings is 2. The van der Waals surface area contributed by atoms with Gasteiger partial charge in [-0.25, -0.2) is 0 Å². The molecule has 0 aromatic heterocycles. The first kappa shape index (κ1) is 15.5. The number of nitriles is 1. The lowest BCUT2D eigenvalue weighted by Crippen LogP contribution is -1.95. The highest BCUT2D eigenvalue weighted by Gasteiger charge is 2.07. The summed E-state index contributed by atoms with van der Waals surface area (Å²) in [5.74, 6) is 0. The van der Waals surface area contributed by atoms with Crippen LogP contribution in [0, 0.1) is 11.3 Å². The highest BCUT2D eigenvalue weighted by molar-refractivity contribution is 7.98. The molecule has 0 heterocycles. The molecule has 0 saturated heterocycles. The van der Waals surface area contributed by atoms with Crippen LogP contribution in [0.15, 0.2) is 47.4 Å². The lowest BCUT2D eigenvalue weighted by molar-refractivity contribution is 0.795. The molecule has 2 aromatic rings. The van der Waals surface area contributed by atoms with Crippen LogP contribution in [-0.4, -0.2) is 6.26 Å². The van der Waals surface area contributed by atoms with Crippen LogP contribution >= 0.6 is 11.8 Å². The second-order valence-electron chi connectivity index (χ2n) is 4.92. The molecule has 0 bridgehead atoms. The normalized spacial score (nSPS) is 10.1. The van der Waals surface area contributed by atoms with Crippen molar-refractivity contribution in [3.8, 4) is 6.07 Å². The maximum absolute atomic E-state index is 9.35. The summed E-state index contributed by atoms with van der Waals surface area (Å²) in [5, 5.41) is 12.7. The van der Waals surface area contributed by atoms with Gasteiger partial charge in [0, 0.05) is 10.6 Å². The van der Waals surface area contributed by atoms with Crippen molar-refractivity contribution in [2.75, 3.05) is 11.6 Å². The molecule has 21 heavy (non-hydrogen) atoms. The van der Waals surface area contributed by atoms with E-state index < -0.39 is 0 Å². The Morgan fingerprint density at radius 3 is 2.52 bits per heavy atom. The van der Waals surface area contributed by atoms with Gasteiger partial charge in [-0.1, -0.05) is 31.5 Å². The fraction of sp³-hybridized carbons (Fsp3) is 0.278. The third-order valence-corrected chi connectivity index (χ3v) is 4.19. The zero-order chi connectivity index (χ0) is 15.1. The van der Waals surface area contributed by atoms with Gasteiger partial charge in [-0.3, -0.25) is 0 Å². The maximum Gasteiger partial charge on any atom is 0.103 e. The van der Waals surface area contributed by atoms with Gasteiger partial charge in [-0.2, -0.15) is 5.26 Å². The summed E-state index contributed by atoms with van der Waals surface area (Å²) in [4.78, 5) is 1.00. The minimum atomic E-state index is 0.708. The highest BCUT2D eigenvalue weighted by Crippen LogP contribution is 2.28. The van der Waals surface area contributed by atoms with E-state index in [1.807, 2.05) is 24.5 Å². The first-order valence-corrected chi connectivity index (χ1v) is 8.44. The van der Waals surface area contributed by atoms with E-state index in [4.69, 9.17) is 0 Å².